The van der Waals surface area contributed by atoms with Crippen molar-refractivity contribution in [2.75, 3.05) is 6.26 Å². The van der Waals surface area contributed by atoms with E-state index in [1.165, 1.54) is 4.90 Å². The maximum Gasteiger partial charge on any atom is 0.0500 e. The number of hydrogen-bond donors (Lipinski definition) is 2. The molecule has 1 atom stereocenters. The molecule has 0 radical (unpaired) electrons. The van der Waals surface area contributed by atoms with Gasteiger partial charge in [0.1, 0.15) is 0 Å². The summed E-state index contributed by atoms with van der Waals surface area (Å²) in [5, 5.41) is 1.38. The third-order valence-electron chi connectivity index (χ3n) is 3.15. The van der Waals surface area contributed by atoms with Crippen molar-refractivity contribution in [1.82, 2.24) is 5.43 Å². The Morgan fingerprint density at radius 3 is 2.45 bits per heavy atom. The van der Waals surface area contributed by atoms with Crippen LogP contribution < -0.4 is 11.3 Å². The predicted molar refractivity (Wildman–Crippen MR) is 88.5 cm³/mol. The van der Waals surface area contributed by atoms with Gasteiger partial charge >= 0.3 is 0 Å². The molecule has 0 aliphatic carbocycles. The van der Waals surface area contributed by atoms with Gasteiger partial charge in [-0.1, -0.05) is 35.3 Å². The molecule has 0 saturated carbocycles. The molecule has 0 heterocycles. The molecule has 1 unspecified atom stereocenters. The first-order chi connectivity index (χ1) is 9.63. The smallest absolute Gasteiger partial charge is 0.0500 e. The van der Waals surface area contributed by atoms with E-state index in [1.807, 2.05) is 12.1 Å². The highest BCUT2D eigenvalue weighted by Gasteiger charge is 2.13. The molecule has 0 fully saturated rings. The second-order valence-corrected chi connectivity index (χ2v) is 6.16. The van der Waals surface area contributed by atoms with Gasteiger partial charge in [0.25, 0.3) is 0 Å². The summed E-state index contributed by atoms with van der Waals surface area (Å²) in [6.45, 7) is 0. The Morgan fingerprint density at radius 1 is 1.15 bits per heavy atom. The van der Waals surface area contributed by atoms with E-state index in [1.54, 1.807) is 17.8 Å². The molecule has 3 N–H and O–H groups in total. The minimum atomic E-state index is 0.00173. The Balaban J connectivity index is 2.21. The summed E-state index contributed by atoms with van der Waals surface area (Å²) in [4.78, 5) is 1.23. The van der Waals surface area contributed by atoms with Crippen LogP contribution in [0.25, 0.3) is 0 Å². The zero-order valence-electron chi connectivity index (χ0n) is 11.1. The van der Waals surface area contributed by atoms with E-state index in [9.17, 15) is 0 Å². The van der Waals surface area contributed by atoms with Crippen LogP contribution in [0.5, 0.6) is 0 Å². The zero-order chi connectivity index (χ0) is 14.5. The van der Waals surface area contributed by atoms with Gasteiger partial charge in [0.15, 0.2) is 0 Å². The lowest BCUT2D eigenvalue weighted by Gasteiger charge is -2.17. The van der Waals surface area contributed by atoms with E-state index >= 15 is 0 Å². The Kier molecular flexibility index (Phi) is 5.75. The molecule has 0 amide bonds. The van der Waals surface area contributed by atoms with Crippen LogP contribution in [0.1, 0.15) is 17.2 Å². The quantitative estimate of drug-likeness (QED) is 0.484. The fraction of sp³-hybridized carbons (Fsp3) is 0.200. The van der Waals surface area contributed by atoms with Crippen molar-refractivity contribution >= 4 is 35.0 Å². The number of halogens is 2. The number of rotatable bonds is 5. The molecule has 0 spiro atoms. The lowest BCUT2D eigenvalue weighted by atomic mass is 9.99. The first kappa shape index (κ1) is 15.7. The average molecular weight is 327 g/mol. The Bertz CT molecular complexity index is 573. The highest BCUT2D eigenvalue weighted by Crippen LogP contribution is 2.27. The highest BCUT2D eigenvalue weighted by molar-refractivity contribution is 7.98. The van der Waals surface area contributed by atoms with Gasteiger partial charge in [-0.2, -0.15) is 0 Å². The molecular weight excluding hydrogens is 311 g/mol. The summed E-state index contributed by atoms with van der Waals surface area (Å²) in [6, 6.07) is 13.8. The van der Waals surface area contributed by atoms with Gasteiger partial charge in [0, 0.05) is 14.9 Å². The summed E-state index contributed by atoms with van der Waals surface area (Å²) >= 11 is 13.9. The van der Waals surface area contributed by atoms with E-state index < -0.39 is 0 Å². The van der Waals surface area contributed by atoms with Crippen LogP contribution in [-0.4, -0.2) is 6.26 Å². The SMILES string of the molecule is CSc1ccc(C(Cc2cc(Cl)ccc2Cl)NN)cc1. The number of nitrogens with two attached hydrogens (primary N) is 1. The number of hydrogen-bond acceptors (Lipinski definition) is 3. The topological polar surface area (TPSA) is 38.0 Å². The van der Waals surface area contributed by atoms with Crippen LogP contribution in [0.3, 0.4) is 0 Å². The molecule has 5 heteroatoms. The Labute approximate surface area is 133 Å². The number of nitrogens with one attached hydrogen (secondary N) is 1. The van der Waals surface area contributed by atoms with Gasteiger partial charge in [-0.05, 0) is 54.1 Å². The lowest BCUT2D eigenvalue weighted by Crippen LogP contribution is -2.29. The second kappa shape index (κ2) is 7.34. The molecule has 0 bridgehead atoms. The van der Waals surface area contributed by atoms with Gasteiger partial charge in [-0.25, -0.2) is 0 Å². The highest BCUT2D eigenvalue weighted by atomic mass is 35.5. The van der Waals surface area contributed by atoms with Crippen LogP contribution in [0, 0.1) is 0 Å². The first-order valence-corrected chi connectivity index (χ1v) is 8.16. The first-order valence-electron chi connectivity index (χ1n) is 6.18. The van der Waals surface area contributed by atoms with Crippen molar-refractivity contribution in [2.45, 2.75) is 17.4 Å². The van der Waals surface area contributed by atoms with Gasteiger partial charge in [-0.3, -0.25) is 11.3 Å². The monoisotopic (exact) mass is 326 g/mol. The maximum atomic E-state index is 6.20. The van der Waals surface area contributed by atoms with Gasteiger partial charge in [-0.15, -0.1) is 11.8 Å². The maximum absolute atomic E-state index is 6.20. The number of benzene rings is 2. The standard InChI is InChI=1S/C15H16Cl2N2S/c1-20-13-5-2-10(3-6-13)15(19-18)9-11-8-12(16)4-7-14(11)17/h2-8,15,19H,9,18H2,1H3. The molecule has 0 saturated heterocycles. The normalized spacial score (nSPS) is 12.4. The summed E-state index contributed by atoms with van der Waals surface area (Å²) in [5.74, 6) is 5.68. The van der Waals surface area contributed by atoms with E-state index in [2.05, 4.69) is 35.9 Å². The minimum absolute atomic E-state index is 0.00173. The van der Waals surface area contributed by atoms with Crippen molar-refractivity contribution in [2.24, 2.45) is 5.84 Å². The fourth-order valence-electron chi connectivity index (χ4n) is 2.03. The Hall–Kier alpha value is -0.710. The van der Waals surface area contributed by atoms with Gasteiger partial charge < -0.3 is 0 Å². The lowest BCUT2D eigenvalue weighted by molar-refractivity contribution is 0.552. The molecule has 2 nitrogen and oxygen atoms in total. The predicted octanol–water partition coefficient (Wildman–Crippen LogP) is 4.46. The minimum Gasteiger partial charge on any atom is -0.271 e. The van der Waals surface area contributed by atoms with Crippen molar-refractivity contribution in [3.8, 4) is 0 Å². The second-order valence-electron chi connectivity index (χ2n) is 4.43. The Morgan fingerprint density at radius 2 is 1.85 bits per heavy atom. The molecular formula is C15H16Cl2N2S. The van der Waals surface area contributed by atoms with Crippen molar-refractivity contribution in [1.29, 1.82) is 0 Å². The van der Waals surface area contributed by atoms with Crippen LogP contribution in [-0.2, 0) is 6.42 Å². The van der Waals surface area contributed by atoms with Crippen molar-refractivity contribution in [3.63, 3.8) is 0 Å². The summed E-state index contributed by atoms with van der Waals surface area (Å²) in [6.07, 6.45) is 2.74. The third-order valence-corrected chi connectivity index (χ3v) is 4.50. The van der Waals surface area contributed by atoms with Crippen LogP contribution >= 0.6 is 35.0 Å². The van der Waals surface area contributed by atoms with Crippen LogP contribution in [0.4, 0.5) is 0 Å². The molecule has 0 aromatic heterocycles. The average Bonchev–Trinajstić information content (AvgIpc) is 2.48. The van der Waals surface area contributed by atoms with Crippen LogP contribution in [0.15, 0.2) is 47.4 Å². The molecule has 2 aromatic rings. The van der Waals surface area contributed by atoms with E-state index in [0.29, 0.717) is 16.5 Å². The largest absolute Gasteiger partial charge is 0.271 e. The molecule has 0 aliphatic rings. The van der Waals surface area contributed by atoms with Gasteiger partial charge in [0.05, 0.1) is 6.04 Å². The van der Waals surface area contributed by atoms with E-state index in [4.69, 9.17) is 29.0 Å². The van der Waals surface area contributed by atoms with E-state index in [-0.39, 0.29) is 6.04 Å². The molecule has 20 heavy (non-hydrogen) atoms. The molecule has 0 aliphatic heterocycles. The summed E-state index contributed by atoms with van der Waals surface area (Å²) < 4.78 is 0. The van der Waals surface area contributed by atoms with Crippen molar-refractivity contribution < 1.29 is 0 Å². The molecule has 106 valence electrons. The summed E-state index contributed by atoms with van der Waals surface area (Å²) in [5.41, 5.74) is 4.95. The van der Waals surface area contributed by atoms with Gasteiger partial charge in [0.2, 0.25) is 0 Å². The van der Waals surface area contributed by atoms with Crippen molar-refractivity contribution in [3.05, 3.63) is 63.6 Å². The summed E-state index contributed by atoms with van der Waals surface area (Å²) in [7, 11) is 0. The number of thioether (sulfide) groups is 1. The molecule has 2 aromatic carbocycles. The fourth-order valence-corrected chi connectivity index (χ4v) is 2.83. The number of hydrazine groups is 1. The third kappa shape index (κ3) is 3.90. The van der Waals surface area contributed by atoms with E-state index in [0.717, 1.165) is 11.1 Å². The molecule has 2 rings (SSSR count). The zero-order valence-corrected chi connectivity index (χ0v) is 13.4. The van der Waals surface area contributed by atoms with Crippen LogP contribution in [0.2, 0.25) is 10.0 Å².